The second-order valence-corrected chi connectivity index (χ2v) is 9.10. The normalized spacial score (nSPS) is 29.5. The summed E-state index contributed by atoms with van der Waals surface area (Å²) in [5, 5.41) is 0. The lowest BCUT2D eigenvalue weighted by atomic mass is 10.1. The lowest BCUT2D eigenvalue weighted by Crippen LogP contribution is -2.42. The first-order chi connectivity index (χ1) is 15.8. The predicted octanol–water partition coefficient (Wildman–Crippen LogP) is 2.93. The SMILES string of the molecule is Nc1ncc(-c2cc(N3C[C@@H]4C[C@H]3CO4)nc(N3CC4CC3CC4(F)F)n2)cc1OC(F)F. The van der Waals surface area contributed by atoms with Crippen LogP contribution in [-0.4, -0.2) is 65.4 Å². The number of aromatic nitrogens is 3. The number of alkyl halides is 4. The van der Waals surface area contributed by atoms with Crippen molar-refractivity contribution in [2.45, 2.75) is 50.0 Å². The molecule has 12 heteroatoms. The van der Waals surface area contributed by atoms with Crippen LogP contribution in [0.2, 0.25) is 0 Å². The molecule has 1 aliphatic carbocycles. The van der Waals surface area contributed by atoms with Gasteiger partial charge in [-0.25, -0.2) is 18.7 Å². The lowest BCUT2D eigenvalue weighted by molar-refractivity contribution is -0.0495. The molecule has 2 unspecified atom stereocenters. The van der Waals surface area contributed by atoms with E-state index in [2.05, 4.69) is 19.6 Å². The molecule has 1 saturated carbocycles. The fourth-order valence-corrected chi connectivity index (χ4v) is 5.45. The van der Waals surface area contributed by atoms with Crippen molar-refractivity contribution in [1.29, 1.82) is 0 Å². The summed E-state index contributed by atoms with van der Waals surface area (Å²) in [4.78, 5) is 17.3. The number of nitrogens with two attached hydrogens (primary N) is 1. The minimum absolute atomic E-state index is 0.127. The number of rotatable bonds is 5. The number of piperidine rings is 1. The van der Waals surface area contributed by atoms with E-state index in [0.717, 1.165) is 6.42 Å². The third-order valence-corrected chi connectivity index (χ3v) is 7.07. The van der Waals surface area contributed by atoms with Crippen molar-refractivity contribution in [3.8, 4) is 17.0 Å². The van der Waals surface area contributed by atoms with Gasteiger partial charge in [0.05, 0.1) is 24.4 Å². The molecule has 2 aromatic rings. The molecule has 0 amide bonds. The van der Waals surface area contributed by atoms with E-state index in [9.17, 15) is 17.6 Å². The highest BCUT2D eigenvalue weighted by molar-refractivity contribution is 5.68. The summed E-state index contributed by atoms with van der Waals surface area (Å²) in [6.45, 7) is -1.61. The van der Waals surface area contributed by atoms with Crippen molar-refractivity contribution in [2.75, 3.05) is 35.2 Å². The molecular weight excluding hydrogens is 444 g/mol. The lowest BCUT2D eigenvalue weighted by Gasteiger charge is -2.33. The number of pyridine rings is 1. The van der Waals surface area contributed by atoms with Gasteiger partial charge in [-0.05, 0) is 18.9 Å². The van der Waals surface area contributed by atoms with E-state index in [1.54, 1.807) is 6.07 Å². The number of hydrogen-bond donors (Lipinski definition) is 1. The topological polar surface area (TPSA) is 89.6 Å². The number of hydrogen-bond acceptors (Lipinski definition) is 8. The number of halogens is 4. The highest BCUT2D eigenvalue weighted by Crippen LogP contribution is 2.49. The Hall–Kier alpha value is -2.89. The molecule has 5 heterocycles. The zero-order chi connectivity index (χ0) is 22.9. The summed E-state index contributed by atoms with van der Waals surface area (Å²) in [6.07, 6.45) is 2.62. The predicted molar refractivity (Wildman–Crippen MR) is 111 cm³/mol. The Labute approximate surface area is 186 Å². The van der Waals surface area contributed by atoms with Crippen molar-refractivity contribution >= 4 is 17.6 Å². The van der Waals surface area contributed by atoms with Crippen LogP contribution in [0.25, 0.3) is 11.3 Å². The van der Waals surface area contributed by atoms with E-state index in [0.29, 0.717) is 42.6 Å². The van der Waals surface area contributed by atoms with Gasteiger partial charge in [-0.1, -0.05) is 0 Å². The van der Waals surface area contributed by atoms with E-state index < -0.39 is 18.5 Å². The highest BCUT2D eigenvalue weighted by Gasteiger charge is 2.56. The van der Waals surface area contributed by atoms with Gasteiger partial charge in [-0.3, -0.25) is 0 Å². The zero-order valence-electron chi connectivity index (χ0n) is 17.5. The van der Waals surface area contributed by atoms with Crippen molar-refractivity contribution < 1.29 is 27.0 Å². The van der Waals surface area contributed by atoms with Gasteiger partial charge in [0.25, 0.3) is 5.92 Å². The average molecular weight is 466 g/mol. The standard InChI is InChI=1S/C21H22F4N6O2/c22-19(23)33-16-1-10(6-27-18(16)26)15-4-17(30-8-14-3-13(30)9-32-14)29-20(28-15)31-7-11-2-12(31)5-21(11,24)25/h1,4,6,11-14,19H,2-3,5,7-9H2,(H2,26,27)/t11?,12?,13-,14-/m0/s1. The van der Waals surface area contributed by atoms with E-state index >= 15 is 0 Å². The number of nitrogens with zero attached hydrogens (tertiary/aromatic N) is 5. The molecule has 6 rings (SSSR count). The number of nitrogen functional groups attached to an aromatic ring is 1. The van der Waals surface area contributed by atoms with Gasteiger partial charge in [0.1, 0.15) is 5.82 Å². The molecule has 0 radical (unpaired) electrons. The molecule has 4 fully saturated rings. The maximum absolute atomic E-state index is 14.1. The summed E-state index contributed by atoms with van der Waals surface area (Å²) in [5.41, 5.74) is 6.53. The van der Waals surface area contributed by atoms with Crippen LogP contribution in [0, 0.1) is 5.92 Å². The van der Waals surface area contributed by atoms with Gasteiger partial charge in [0.15, 0.2) is 11.6 Å². The quantitative estimate of drug-likeness (QED) is 0.673. The van der Waals surface area contributed by atoms with Crippen LogP contribution in [-0.2, 0) is 4.74 Å². The summed E-state index contributed by atoms with van der Waals surface area (Å²) in [7, 11) is 0. The minimum atomic E-state index is -3.05. The fourth-order valence-electron chi connectivity index (χ4n) is 5.45. The highest BCUT2D eigenvalue weighted by atomic mass is 19.3. The van der Waals surface area contributed by atoms with Crippen LogP contribution in [0.1, 0.15) is 19.3 Å². The summed E-state index contributed by atoms with van der Waals surface area (Å²) >= 11 is 0. The smallest absolute Gasteiger partial charge is 0.387 e. The molecule has 176 valence electrons. The molecule has 8 nitrogen and oxygen atoms in total. The van der Waals surface area contributed by atoms with E-state index in [1.807, 2.05) is 4.90 Å². The minimum Gasteiger partial charge on any atom is -0.431 e. The van der Waals surface area contributed by atoms with Crippen LogP contribution in [0.4, 0.5) is 35.1 Å². The number of morpholine rings is 1. The molecule has 0 aromatic carbocycles. The van der Waals surface area contributed by atoms with Gasteiger partial charge in [0, 0.05) is 49.3 Å². The average Bonchev–Trinajstić information content (AvgIpc) is 3.54. The number of ether oxygens (including phenoxy) is 2. The molecule has 3 aliphatic heterocycles. The fraction of sp³-hybridized carbons (Fsp3) is 0.571. The van der Waals surface area contributed by atoms with Crippen LogP contribution in [0.3, 0.4) is 0 Å². The van der Waals surface area contributed by atoms with E-state index in [1.165, 1.54) is 12.3 Å². The first-order valence-corrected chi connectivity index (χ1v) is 10.9. The Morgan fingerprint density at radius 1 is 1.12 bits per heavy atom. The maximum Gasteiger partial charge on any atom is 0.387 e. The van der Waals surface area contributed by atoms with E-state index in [-0.39, 0.29) is 42.7 Å². The van der Waals surface area contributed by atoms with Gasteiger partial charge in [-0.15, -0.1) is 0 Å². The molecule has 4 atom stereocenters. The molecule has 33 heavy (non-hydrogen) atoms. The Morgan fingerprint density at radius 3 is 2.61 bits per heavy atom. The molecule has 0 spiro atoms. The van der Waals surface area contributed by atoms with Gasteiger partial charge < -0.3 is 25.0 Å². The summed E-state index contributed by atoms with van der Waals surface area (Å²) in [6, 6.07) is 2.95. The first kappa shape index (κ1) is 20.7. The molecule has 4 aliphatic rings. The number of fused-ring (bicyclic) bond motifs is 4. The second kappa shape index (κ2) is 7.31. The van der Waals surface area contributed by atoms with Crippen LogP contribution in [0.15, 0.2) is 18.3 Å². The second-order valence-electron chi connectivity index (χ2n) is 9.10. The van der Waals surface area contributed by atoms with Gasteiger partial charge in [0.2, 0.25) is 5.95 Å². The molecule has 2 aromatic heterocycles. The monoisotopic (exact) mass is 466 g/mol. The van der Waals surface area contributed by atoms with Crippen molar-refractivity contribution in [1.82, 2.24) is 15.0 Å². The van der Waals surface area contributed by atoms with Crippen LogP contribution >= 0.6 is 0 Å². The van der Waals surface area contributed by atoms with Gasteiger partial charge in [-0.2, -0.15) is 13.8 Å². The Bertz CT molecular complexity index is 1090. The first-order valence-electron chi connectivity index (χ1n) is 10.9. The maximum atomic E-state index is 14.1. The van der Waals surface area contributed by atoms with Gasteiger partial charge >= 0.3 is 6.61 Å². The van der Waals surface area contributed by atoms with Crippen LogP contribution in [0.5, 0.6) is 5.75 Å². The molecule has 3 saturated heterocycles. The summed E-state index contributed by atoms with van der Waals surface area (Å²) in [5.74, 6) is -2.82. The Morgan fingerprint density at radius 2 is 1.97 bits per heavy atom. The largest absolute Gasteiger partial charge is 0.431 e. The third kappa shape index (κ3) is 3.51. The Kier molecular flexibility index (Phi) is 4.58. The van der Waals surface area contributed by atoms with Crippen molar-refractivity contribution in [2.24, 2.45) is 5.92 Å². The van der Waals surface area contributed by atoms with Crippen molar-refractivity contribution in [3.63, 3.8) is 0 Å². The number of anilines is 3. The third-order valence-electron chi connectivity index (χ3n) is 7.07. The molecular formula is C21H22F4N6O2. The van der Waals surface area contributed by atoms with Crippen LogP contribution < -0.4 is 20.3 Å². The Balaban J connectivity index is 1.40. The summed E-state index contributed by atoms with van der Waals surface area (Å²) < 4.78 is 64.0. The van der Waals surface area contributed by atoms with Crippen molar-refractivity contribution in [3.05, 3.63) is 18.3 Å². The zero-order valence-corrected chi connectivity index (χ0v) is 17.5. The molecule has 4 bridgehead atoms. The van der Waals surface area contributed by atoms with E-state index in [4.69, 9.17) is 15.5 Å². The molecule has 2 N–H and O–H groups in total.